The molecule has 0 aliphatic heterocycles. The highest BCUT2D eigenvalue weighted by molar-refractivity contribution is 5.74. The van der Waals surface area contributed by atoms with Gasteiger partial charge >= 0.3 is 6.03 Å². The van der Waals surface area contributed by atoms with Gasteiger partial charge < -0.3 is 15.7 Å². The first-order chi connectivity index (χ1) is 7.22. The molecule has 15 heavy (non-hydrogen) atoms. The Hall–Kier alpha value is -0.770. The smallest absolute Gasteiger partial charge is 0.314 e. The fourth-order valence-electron chi connectivity index (χ4n) is 1.71. The molecule has 0 unspecified atom stereocenters. The van der Waals surface area contributed by atoms with Crippen LogP contribution in [0.1, 0.15) is 39.0 Å². The van der Waals surface area contributed by atoms with E-state index >= 15 is 0 Å². The molecule has 0 aromatic heterocycles. The number of urea groups is 1. The van der Waals surface area contributed by atoms with Gasteiger partial charge in [-0.15, -0.1) is 0 Å². The van der Waals surface area contributed by atoms with Gasteiger partial charge in [0.15, 0.2) is 0 Å². The maximum atomic E-state index is 11.3. The van der Waals surface area contributed by atoms with Gasteiger partial charge in [-0.05, 0) is 25.7 Å². The molecule has 0 spiro atoms. The fraction of sp³-hybridized carbons (Fsp3) is 0.909. The molecule has 0 radical (unpaired) electrons. The maximum absolute atomic E-state index is 11.3. The van der Waals surface area contributed by atoms with Crippen molar-refractivity contribution in [1.29, 1.82) is 0 Å². The number of rotatable bonds is 6. The first-order valence-electron chi connectivity index (χ1n) is 5.87. The van der Waals surface area contributed by atoms with Crippen LogP contribution in [0.5, 0.6) is 0 Å². The summed E-state index contributed by atoms with van der Waals surface area (Å²) < 4.78 is 0. The number of hydrogen-bond acceptors (Lipinski definition) is 2. The predicted octanol–water partition coefficient (Wildman–Crippen LogP) is 1.25. The molecular weight excluding hydrogens is 192 g/mol. The van der Waals surface area contributed by atoms with Gasteiger partial charge in [0.25, 0.3) is 0 Å². The zero-order chi connectivity index (χ0) is 11.1. The molecule has 1 fully saturated rings. The molecule has 88 valence electrons. The van der Waals surface area contributed by atoms with Gasteiger partial charge in [-0.25, -0.2) is 4.79 Å². The van der Waals surface area contributed by atoms with Crippen LogP contribution in [0.25, 0.3) is 0 Å². The van der Waals surface area contributed by atoms with Gasteiger partial charge in [-0.3, -0.25) is 0 Å². The van der Waals surface area contributed by atoms with Crippen molar-refractivity contribution in [2.75, 3.05) is 13.2 Å². The number of aliphatic hydroxyl groups is 1. The molecular formula is C11H22N2O2. The third-order valence-corrected chi connectivity index (χ3v) is 3.00. The zero-order valence-electron chi connectivity index (χ0n) is 9.46. The van der Waals surface area contributed by atoms with Crippen LogP contribution in [0.2, 0.25) is 0 Å². The summed E-state index contributed by atoms with van der Waals surface area (Å²) in [7, 11) is 0. The van der Waals surface area contributed by atoms with Crippen LogP contribution in [0.15, 0.2) is 0 Å². The van der Waals surface area contributed by atoms with Gasteiger partial charge in [-0.2, -0.15) is 0 Å². The normalized spacial score (nSPS) is 18.0. The van der Waals surface area contributed by atoms with Crippen LogP contribution in [0.3, 0.4) is 0 Å². The summed E-state index contributed by atoms with van der Waals surface area (Å²) in [5.41, 5.74) is 0. The van der Waals surface area contributed by atoms with Crippen molar-refractivity contribution in [1.82, 2.24) is 10.6 Å². The van der Waals surface area contributed by atoms with Gasteiger partial charge in [-0.1, -0.05) is 19.3 Å². The lowest BCUT2D eigenvalue weighted by Gasteiger charge is -2.25. The average molecular weight is 214 g/mol. The van der Waals surface area contributed by atoms with E-state index in [0.717, 1.165) is 18.9 Å². The summed E-state index contributed by atoms with van der Waals surface area (Å²) in [6.07, 6.45) is 5.71. The lowest BCUT2D eigenvalue weighted by molar-refractivity contribution is 0.228. The Morgan fingerprint density at radius 3 is 2.80 bits per heavy atom. The topological polar surface area (TPSA) is 61.4 Å². The van der Waals surface area contributed by atoms with E-state index in [4.69, 9.17) is 5.11 Å². The minimum absolute atomic E-state index is 0.0405. The molecule has 4 nitrogen and oxygen atoms in total. The van der Waals surface area contributed by atoms with Gasteiger partial charge in [0, 0.05) is 19.2 Å². The minimum atomic E-state index is -0.115. The third kappa shape index (κ3) is 5.02. The summed E-state index contributed by atoms with van der Waals surface area (Å²) in [4.78, 5) is 11.3. The second-order valence-corrected chi connectivity index (χ2v) is 4.40. The highest BCUT2D eigenvalue weighted by atomic mass is 16.3. The third-order valence-electron chi connectivity index (χ3n) is 3.00. The van der Waals surface area contributed by atoms with Gasteiger partial charge in [0.1, 0.15) is 0 Å². The van der Waals surface area contributed by atoms with Crippen molar-refractivity contribution < 1.29 is 9.90 Å². The molecule has 2 amide bonds. The average Bonchev–Trinajstić information content (AvgIpc) is 2.09. The van der Waals surface area contributed by atoms with E-state index in [1.165, 1.54) is 19.3 Å². The van der Waals surface area contributed by atoms with Crippen LogP contribution < -0.4 is 10.6 Å². The minimum Gasteiger partial charge on any atom is -0.396 e. The molecule has 1 rings (SSSR count). The molecule has 4 heteroatoms. The number of amides is 2. The SMILES string of the molecule is C[C@H](CCO)NC(=O)NCCC1CCC1. The van der Waals surface area contributed by atoms with Gasteiger partial charge in [0.05, 0.1) is 0 Å². The number of carbonyl (C=O) groups excluding carboxylic acids is 1. The van der Waals surface area contributed by atoms with Crippen molar-refractivity contribution in [2.24, 2.45) is 5.92 Å². The second kappa shape index (κ2) is 6.67. The van der Waals surface area contributed by atoms with Crippen LogP contribution >= 0.6 is 0 Å². The van der Waals surface area contributed by atoms with Crippen molar-refractivity contribution in [3.8, 4) is 0 Å². The van der Waals surface area contributed by atoms with E-state index in [1.807, 2.05) is 6.92 Å². The summed E-state index contributed by atoms with van der Waals surface area (Å²) in [5, 5.41) is 14.3. The van der Waals surface area contributed by atoms with E-state index in [9.17, 15) is 4.79 Å². The highest BCUT2D eigenvalue weighted by Crippen LogP contribution is 2.28. The number of hydrogen-bond donors (Lipinski definition) is 3. The quantitative estimate of drug-likeness (QED) is 0.623. The molecule has 0 aromatic carbocycles. The number of carbonyl (C=O) groups is 1. The molecule has 1 aliphatic rings. The monoisotopic (exact) mass is 214 g/mol. The molecule has 0 aromatic rings. The van der Waals surface area contributed by atoms with E-state index in [1.54, 1.807) is 0 Å². The van der Waals surface area contributed by atoms with Crippen molar-refractivity contribution in [2.45, 2.75) is 45.1 Å². The summed E-state index contributed by atoms with van der Waals surface area (Å²) in [6, 6.07) is -0.0750. The Bertz CT molecular complexity index is 193. The largest absolute Gasteiger partial charge is 0.396 e. The Morgan fingerprint density at radius 1 is 1.53 bits per heavy atom. The van der Waals surface area contributed by atoms with Crippen LogP contribution in [0, 0.1) is 5.92 Å². The van der Waals surface area contributed by atoms with Crippen molar-refractivity contribution in [3.05, 3.63) is 0 Å². The van der Waals surface area contributed by atoms with E-state index in [-0.39, 0.29) is 18.7 Å². The van der Waals surface area contributed by atoms with Crippen LogP contribution in [0.4, 0.5) is 4.79 Å². The van der Waals surface area contributed by atoms with Gasteiger partial charge in [0.2, 0.25) is 0 Å². The molecule has 1 aliphatic carbocycles. The summed E-state index contributed by atoms with van der Waals surface area (Å²) in [6.45, 7) is 2.77. The maximum Gasteiger partial charge on any atom is 0.314 e. The predicted molar refractivity (Wildman–Crippen MR) is 59.7 cm³/mol. The Balaban J connectivity index is 1.97. The standard InChI is InChI=1S/C11H22N2O2/c1-9(6-8-14)13-11(15)12-7-5-10-3-2-4-10/h9-10,14H,2-8H2,1H3,(H2,12,13,15)/t9-/m1/s1. The summed E-state index contributed by atoms with van der Waals surface area (Å²) >= 11 is 0. The Morgan fingerprint density at radius 2 is 2.27 bits per heavy atom. The second-order valence-electron chi connectivity index (χ2n) is 4.40. The number of nitrogens with one attached hydrogen (secondary N) is 2. The Kier molecular flexibility index (Phi) is 5.47. The summed E-state index contributed by atoms with van der Waals surface area (Å²) in [5.74, 6) is 0.833. The lowest BCUT2D eigenvalue weighted by Crippen LogP contribution is -2.41. The van der Waals surface area contributed by atoms with E-state index in [0.29, 0.717) is 6.42 Å². The van der Waals surface area contributed by atoms with Crippen LogP contribution in [-0.4, -0.2) is 30.3 Å². The van der Waals surface area contributed by atoms with Crippen LogP contribution in [-0.2, 0) is 0 Å². The number of aliphatic hydroxyl groups excluding tert-OH is 1. The van der Waals surface area contributed by atoms with E-state index in [2.05, 4.69) is 10.6 Å². The highest BCUT2D eigenvalue weighted by Gasteiger charge is 2.16. The lowest BCUT2D eigenvalue weighted by atomic mass is 9.83. The van der Waals surface area contributed by atoms with Crippen molar-refractivity contribution in [3.63, 3.8) is 0 Å². The first kappa shape index (κ1) is 12.3. The van der Waals surface area contributed by atoms with Crippen molar-refractivity contribution >= 4 is 6.03 Å². The molecule has 0 saturated heterocycles. The first-order valence-corrected chi connectivity index (χ1v) is 5.87. The molecule has 1 atom stereocenters. The molecule has 0 bridgehead atoms. The van der Waals surface area contributed by atoms with E-state index < -0.39 is 0 Å². The molecule has 1 saturated carbocycles. The Labute approximate surface area is 91.4 Å². The molecule has 0 heterocycles. The molecule has 3 N–H and O–H groups in total. The zero-order valence-corrected chi connectivity index (χ0v) is 9.46. The fourth-order valence-corrected chi connectivity index (χ4v) is 1.71.